The minimum Gasteiger partial charge on any atom is -0.457 e. The van der Waals surface area contributed by atoms with E-state index in [9.17, 15) is 19.2 Å². The molecule has 3 amide bonds. The molecule has 1 unspecified atom stereocenters. The number of fused-ring (bicyclic) bond motifs is 2. The maximum Gasteiger partial charge on any atom is 0.236 e. The molecule has 14 nitrogen and oxygen atoms in total. The van der Waals surface area contributed by atoms with E-state index in [1.165, 1.54) is 24.2 Å². The number of nitrogens with one attached hydrogen (secondary N) is 4. The van der Waals surface area contributed by atoms with Crippen LogP contribution in [0.5, 0.6) is 11.5 Å². The molecule has 1 spiro atoms. The van der Waals surface area contributed by atoms with E-state index < -0.39 is 6.04 Å². The molecule has 1 aromatic heterocycles. The van der Waals surface area contributed by atoms with Gasteiger partial charge in [0.1, 0.15) is 23.6 Å². The number of hydrogen-bond donors (Lipinski definition) is 6. The second-order valence-corrected chi connectivity index (χ2v) is 16.5. The third kappa shape index (κ3) is 11.7. The summed E-state index contributed by atoms with van der Waals surface area (Å²) in [4.78, 5) is 60.2. The smallest absolute Gasteiger partial charge is 0.236 e. The number of carbonyl (C=O) groups is 4. The van der Waals surface area contributed by atoms with Crippen LogP contribution in [-0.4, -0.2) is 92.0 Å². The summed E-state index contributed by atoms with van der Waals surface area (Å²) in [5, 5.41) is 21.1. The van der Waals surface area contributed by atoms with Crippen molar-refractivity contribution in [3.8, 4) is 22.6 Å². The molecule has 61 heavy (non-hydrogen) atoms. The number of para-hydroxylation sites is 1. The van der Waals surface area contributed by atoms with E-state index in [4.69, 9.17) is 9.84 Å². The maximum absolute atomic E-state index is 11.9. The van der Waals surface area contributed by atoms with Crippen LogP contribution in [0.4, 0.5) is 23.1 Å². The van der Waals surface area contributed by atoms with Gasteiger partial charge < -0.3 is 45.7 Å². The molecule has 2 aliphatic carbocycles. The van der Waals surface area contributed by atoms with Crippen LogP contribution in [0.3, 0.4) is 0 Å². The van der Waals surface area contributed by atoms with Crippen molar-refractivity contribution in [2.75, 3.05) is 54.7 Å². The van der Waals surface area contributed by atoms with E-state index in [2.05, 4.69) is 43.9 Å². The number of aliphatic hydroxyl groups excluding tert-OH is 1. The average molecular weight is 851 g/mol. The number of benzene rings is 3. The number of hydrogen-bond acceptors (Lipinski definition) is 12. The number of anilines is 4. The first kappa shape index (κ1) is 45.0. The zero-order chi connectivity index (χ0) is 43.4. The average Bonchev–Trinajstić information content (AvgIpc) is 4.04. The Kier molecular flexibility index (Phi) is 15.7. The molecule has 1 saturated heterocycles. The molecule has 3 aromatic carbocycles. The predicted octanol–water partition coefficient (Wildman–Crippen LogP) is 6.49. The number of carbonyl (C=O) groups excluding carboxylic acids is 4. The number of aliphatic hydroxyl groups is 1. The third-order valence-electron chi connectivity index (χ3n) is 11.7. The molecular weight excluding hydrogens is 793 g/mol. The number of ether oxygens (including phenoxy) is 1. The monoisotopic (exact) mass is 850 g/mol. The topological polar surface area (TPSA) is 178 Å². The molecule has 324 valence electrons. The van der Waals surface area contributed by atoms with Gasteiger partial charge in [-0.3, -0.25) is 14.4 Å². The van der Waals surface area contributed by atoms with Crippen LogP contribution in [0.15, 0.2) is 77.8 Å². The van der Waals surface area contributed by atoms with Crippen LogP contribution in [0.25, 0.3) is 11.1 Å². The Morgan fingerprint density at radius 2 is 1.72 bits per heavy atom. The van der Waals surface area contributed by atoms with Gasteiger partial charge in [-0.1, -0.05) is 49.6 Å². The fraction of sp³-hybridized carbons (Fsp3) is 0.435. The lowest BCUT2D eigenvalue weighted by Gasteiger charge is -2.31. The highest BCUT2D eigenvalue weighted by atomic mass is 32.1. The van der Waals surface area contributed by atoms with Gasteiger partial charge in [0.2, 0.25) is 24.2 Å². The highest BCUT2D eigenvalue weighted by molar-refractivity contribution is 7.80. The third-order valence-corrected chi connectivity index (χ3v) is 12.0. The van der Waals surface area contributed by atoms with Crippen LogP contribution in [0.1, 0.15) is 76.2 Å². The van der Waals surface area contributed by atoms with Crippen LogP contribution in [-0.2, 0) is 24.6 Å². The summed E-state index contributed by atoms with van der Waals surface area (Å²) in [6, 6.07) is 20.6. The fourth-order valence-corrected chi connectivity index (χ4v) is 8.10. The second kappa shape index (κ2) is 21.3. The van der Waals surface area contributed by atoms with Gasteiger partial charge in [0.05, 0.1) is 28.9 Å². The highest BCUT2D eigenvalue weighted by Gasteiger charge is 2.57. The molecule has 4 aromatic rings. The van der Waals surface area contributed by atoms with Crippen molar-refractivity contribution >= 4 is 60.3 Å². The number of thiol groups is 1. The van der Waals surface area contributed by atoms with Gasteiger partial charge in [-0.15, -0.1) is 12.6 Å². The molecule has 8 rings (SSSR count). The molecule has 0 radical (unpaired) electrons. The van der Waals surface area contributed by atoms with Gasteiger partial charge in [0, 0.05) is 55.8 Å². The summed E-state index contributed by atoms with van der Waals surface area (Å²) in [5.41, 5.74) is 3.76. The van der Waals surface area contributed by atoms with Crippen LogP contribution >= 0.6 is 12.6 Å². The Morgan fingerprint density at radius 3 is 2.34 bits per heavy atom. The molecule has 4 aliphatic rings. The number of rotatable bonds is 13. The van der Waals surface area contributed by atoms with Crippen molar-refractivity contribution in [3.63, 3.8) is 0 Å². The molecule has 15 heteroatoms. The molecule has 5 N–H and O–H groups in total. The normalized spacial score (nSPS) is 16.9. The van der Waals surface area contributed by atoms with Gasteiger partial charge in [-0.25, -0.2) is 4.98 Å². The van der Waals surface area contributed by atoms with E-state index in [-0.39, 0.29) is 29.8 Å². The Morgan fingerprint density at radius 1 is 1.00 bits per heavy atom. The molecule has 3 fully saturated rings. The first-order valence-corrected chi connectivity index (χ1v) is 21.6. The Bertz CT molecular complexity index is 2120. The Balaban J connectivity index is 0.000000196. The van der Waals surface area contributed by atoms with Crippen molar-refractivity contribution in [1.82, 2.24) is 20.6 Å². The summed E-state index contributed by atoms with van der Waals surface area (Å²) >= 11 is 4.34. The first-order chi connectivity index (χ1) is 29.5. The summed E-state index contributed by atoms with van der Waals surface area (Å²) < 4.78 is 5.92. The van der Waals surface area contributed by atoms with Crippen molar-refractivity contribution in [1.29, 1.82) is 0 Å². The summed E-state index contributed by atoms with van der Waals surface area (Å²) in [7, 11) is 5.03. The van der Waals surface area contributed by atoms with Crippen molar-refractivity contribution in [2.45, 2.75) is 99.1 Å². The largest absolute Gasteiger partial charge is 0.457 e. The van der Waals surface area contributed by atoms with Gasteiger partial charge in [0.25, 0.3) is 0 Å². The molecule has 3 heterocycles. The van der Waals surface area contributed by atoms with Gasteiger partial charge in [-0.2, -0.15) is 4.98 Å². The number of likely N-dealkylation sites (N-methyl/N-ethyl adjacent to an activating group) is 1. The SMILES string of the molecule is CNC(=O)CCC(C=O)N(C)c1cccc(-c2ccc(Oc3cccc(S)c3)cc2)c1N(C)C=O.O=C1Nc2nc(NC3CCNCC3)ncc2C12CC2.OC1CCCCC1. The molecule has 1 atom stereocenters. The summed E-state index contributed by atoms with van der Waals surface area (Å²) in [5.74, 6) is 2.65. The quantitative estimate of drug-likeness (QED) is 0.0640. The molecule has 2 saturated carbocycles. The number of aldehydes is 1. The van der Waals surface area contributed by atoms with E-state index in [1.807, 2.05) is 72.9 Å². The summed E-state index contributed by atoms with van der Waals surface area (Å²) in [6.45, 7) is 2.06. The number of piperidine rings is 1. The van der Waals surface area contributed by atoms with Gasteiger partial charge >= 0.3 is 0 Å². The lowest BCUT2D eigenvalue weighted by molar-refractivity contribution is -0.121. The van der Waals surface area contributed by atoms with E-state index in [0.717, 1.165) is 85.9 Å². The maximum atomic E-state index is 11.9. The minimum absolute atomic E-state index is 0.0359. The number of aromatic nitrogens is 2. The minimum atomic E-state index is -0.528. The van der Waals surface area contributed by atoms with Crippen LogP contribution in [0.2, 0.25) is 0 Å². The Labute approximate surface area is 363 Å². The Hall–Kier alpha value is -5.51. The predicted molar refractivity (Wildman–Crippen MR) is 242 cm³/mol. The van der Waals surface area contributed by atoms with E-state index in [1.54, 1.807) is 26.0 Å². The zero-order valence-electron chi connectivity index (χ0n) is 35.2. The zero-order valence-corrected chi connectivity index (χ0v) is 36.1. The van der Waals surface area contributed by atoms with Crippen LogP contribution < -0.4 is 35.8 Å². The molecular formula is C46H58N8O6S. The van der Waals surface area contributed by atoms with Crippen LogP contribution in [0, 0.1) is 0 Å². The standard InChI is InChI=1S/C27H29N3O4S.C13H17N5O.C6H12O/c1-28-26(33)15-12-20(17-31)30(3)25-9-5-8-24(27(25)29(2)18-32)19-10-13-21(14-11-19)34-22-6-4-7-23(35)16-22;19-11-13(3-4-13)9-7-15-12(18-10(9)17-11)16-8-1-5-14-6-2-8;7-6-4-2-1-3-5-6/h4-11,13-14,16-18,20,35H,12,15H2,1-3H3,(H,28,33);7-8,14H,1-6H2,(H2,15,16,17,18,19);6-7H,1-5H2. The fourth-order valence-electron chi connectivity index (χ4n) is 7.89. The van der Waals surface area contributed by atoms with E-state index >= 15 is 0 Å². The summed E-state index contributed by atoms with van der Waals surface area (Å²) in [6.07, 6.45) is 13.9. The lowest BCUT2D eigenvalue weighted by Crippen LogP contribution is -2.35. The lowest BCUT2D eigenvalue weighted by atomic mass is 9.98. The van der Waals surface area contributed by atoms with Crippen molar-refractivity contribution < 1.29 is 29.0 Å². The van der Waals surface area contributed by atoms with Crippen molar-refractivity contribution in [2.24, 2.45) is 0 Å². The first-order valence-electron chi connectivity index (χ1n) is 21.2. The van der Waals surface area contributed by atoms with Gasteiger partial charge in [0.15, 0.2) is 0 Å². The van der Waals surface area contributed by atoms with E-state index in [0.29, 0.717) is 47.1 Å². The second-order valence-electron chi connectivity index (χ2n) is 16.0. The molecule has 2 aliphatic heterocycles. The number of nitrogens with zero attached hydrogens (tertiary/aromatic N) is 4. The van der Waals surface area contributed by atoms with Gasteiger partial charge in [-0.05, 0) is 100.0 Å². The number of amides is 3. The molecule has 0 bridgehead atoms. The highest BCUT2D eigenvalue weighted by Crippen LogP contribution is 2.54. The van der Waals surface area contributed by atoms with Crippen molar-refractivity contribution in [3.05, 3.63) is 78.5 Å².